The molecule has 1 aromatic carbocycles. The number of nitrogens with zero attached hydrogens (tertiary/aromatic N) is 4. The number of rotatable bonds is 12. The van der Waals surface area contributed by atoms with Gasteiger partial charge in [0.15, 0.2) is 11.5 Å². The summed E-state index contributed by atoms with van der Waals surface area (Å²) in [6, 6.07) is 7.88. The van der Waals surface area contributed by atoms with Gasteiger partial charge in [-0.05, 0) is 43.8 Å². The van der Waals surface area contributed by atoms with Crippen LogP contribution in [0.5, 0.6) is 11.5 Å². The predicted molar refractivity (Wildman–Crippen MR) is 117 cm³/mol. The summed E-state index contributed by atoms with van der Waals surface area (Å²) in [5.41, 5.74) is 1.12. The summed E-state index contributed by atoms with van der Waals surface area (Å²) in [6.45, 7) is 7.50. The van der Waals surface area contributed by atoms with Crippen LogP contribution in [0.2, 0.25) is 0 Å². The normalized spacial score (nSPS) is 16.5. The third-order valence-corrected chi connectivity index (χ3v) is 5.35. The van der Waals surface area contributed by atoms with E-state index in [9.17, 15) is 5.11 Å². The molecule has 0 amide bonds. The summed E-state index contributed by atoms with van der Waals surface area (Å²) in [5, 5.41) is 18.1. The Kier molecular flexibility index (Phi) is 8.95. The first-order valence-electron chi connectivity index (χ1n) is 10.7. The van der Waals surface area contributed by atoms with Crippen molar-refractivity contribution < 1.29 is 14.6 Å². The van der Waals surface area contributed by atoms with Crippen molar-refractivity contribution in [2.45, 2.75) is 25.6 Å². The van der Waals surface area contributed by atoms with Crippen LogP contribution in [-0.2, 0) is 13.1 Å². The number of likely N-dealkylation sites (N-methyl/N-ethyl adjacent to an activating group) is 1. The molecule has 2 heterocycles. The van der Waals surface area contributed by atoms with Crippen molar-refractivity contribution in [3.63, 3.8) is 0 Å². The largest absolute Gasteiger partial charge is 0.493 e. The van der Waals surface area contributed by atoms with Gasteiger partial charge in [-0.1, -0.05) is 6.07 Å². The van der Waals surface area contributed by atoms with Crippen molar-refractivity contribution >= 4 is 0 Å². The van der Waals surface area contributed by atoms with Crippen molar-refractivity contribution in [2.24, 2.45) is 0 Å². The number of aromatic nitrogens is 2. The van der Waals surface area contributed by atoms with Crippen molar-refractivity contribution in [3.05, 3.63) is 42.2 Å². The first kappa shape index (κ1) is 22.6. The average Bonchev–Trinajstić information content (AvgIpc) is 3.27. The second-order valence-electron chi connectivity index (χ2n) is 7.85. The SMILES string of the molecule is COc1ccc(CNCCCn2cccn2)cc1OCC(O)CN1CCN(C)CC1. The lowest BCUT2D eigenvalue weighted by atomic mass is 10.2. The lowest BCUT2D eigenvalue weighted by Gasteiger charge is -2.33. The molecule has 0 spiro atoms. The molecule has 0 aliphatic carbocycles. The summed E-state index contributed by atoms with van der Waals surface area (Å²) in [4.78, 5) is 4.59. The molecule has 2 N–H and O–H groups in total. The van der Waals surface area contributed by atoms with Gasteiger partial charge in [0.1, 0.15) is 12.7 Å². The molecular weight excluding hydrogens is 382 g/mol. The lowest BCUT2D eigenvalue weighted by molar-refractivity contribution is 0.0498. The molecule has 8 nitrogen and oxygen atoms in total. The Morgan fingerprint density at radius 2 is 2.03 bits per heavy atom. The highest BCUT2D eigenvalue weighted by atomic mass is 16.5. The monoisotopic (exact) mass is 417 g/mol. The quantitative estimate of drug-likeness (QED) is 0.500. The predicted octanol–water partition coefficient (Wildman–Crippen LogP) is 1.06. The third kappa shape index (κ3) is 7.28. The van der Waals surface area contributed by atoms with E-state index in [-0.39, 0.29) is 6.61 Å². The molecule has 1 aliphatic heterocycles. The fraction of sp³-hybridized carbons (Fsp3) is 0.591. The van der Waals surface area contributed by atoms with Crippen LogP contribution in [0.3, 0.4) is 0 Å². The molecule has 1 aromatic heterocycles. The Bertz CT molecular complexity index is 732. The lowest BCUT2D eigenvalue weighted by Crippen LogP contribution is -2.47. The highest BCUT2D eigenvalue weighted by Crippen LogP contribution is 2.28. The maximum Gasteiger partial charge on any atom is 0.161 e. The Balaban J connectivity index is 1.41. The van der Waals surface area contributed by atoms with E-state index in [1.165, 1.54) is 0 Å². The zero-order valence-electron chi connectivity index (χ0n) is 18.2. The van der Waals surface area contributed by atoms with E-state index >= 15 is 0 Å². The van der Waals surface area contributed by atoms with Gasteiger partial charge in [0.05, 0.1) is 7.11 Å². The minimum absolute atomic E-state index is 0.253. The molecule has 1 atom stereocenters. The van der Waals surface area contributed by atoms with Crippen LogP contribution in [0.15, 0.2) is 36.7 Å². The summed E-state index contributed by atoms with van der Waals surface area (Å²) in [7, 11) is 3.76. The topological polar surface area (TPSA) is 75.0 Å². The van der Waals surface area contributed by atoms with Gasteiger partial charge in [0.2, 0.25) is 0 Å². The minimum Gasteiger partial charge on any atom is -0.493 e. The second kappa shape index (κ2) is 11.9. The summed E-state index contributed by atoms with van der Waals surface area (Å²) >= 11 is 0. The molecule has 1 saturated heterocycles. The highest BCUT2D eigenvalue weighted by molar-refractivity contribution is 5.43. The van der Waals surface area contributed by atoms with E-state index in [4.69, 9.17) is 9.47 Å². The van der Waals surface area contributed by atoms with Crippen LogP contribution in [0.1, 0.15) is 12.0 Å². The summed E-state index contributed by atoms with van der Waals surface area (Å²) in [6.07, 6.45) is 4.27. The molecule has 166 valence electrons. The van der Waals surface area contributed by atoms with Gasteiger partial charge in [-0.25, -0.2) is 0 Å². The Hall–Kier alpha value is -2.13. The first-order valence-corrected chi connectivity index (χ1v) is 10.7. The van der Waals surface area contributed by atoms with Crippen molar-refractivity contribution in [1.29, 1.82) is 0 Å². The van der Waals surface area contributed by atoms with Gasteiger partial charge in [-0.2, -0.15) is 5.10 Å². The maximum atomic E-state index is 10.4. The average molecular weight is 418 g/mol. The number of aliphatic hydroxyl groups excluding tert-OH is 1. The van der Waals surface area contributed by atoms with Crippen molar-refractivity contribution in [1.82, 2.24) is 24.9 Å². The standard InChI is InChI=1S/C22H35N5O3/c1-25-11-13-26(14-12-25)17-20(28)18-30-22-15-19(5-6-21(22)29-2)16-23-7-3-9-27-10-4-8-24-27/h4-6,8,10,15,20,23,28H,3,7,9,11-14,16-18H2,1-2H3. The number of aryl methyl sites for hydroxylation is 1. The Morgan fingerprint density at radius 1 is 1.20 bits per heavy atom. The zero-order chi connectivity index (χ0) is 21.2. The van der Waals surface area contributed by atoms with E-state index in [0.29, 0.717) is 18.0 Å². The number of nitrogens with one attached hydrogen (secondary N) is 1. The van der Waals surface area contributed by atoms with Gasteiger partial charge in [-0.3, -0.25) is 9.58 Å². The van der Waals surface area contributed by atoms with Crippen LogP contribution in [0.4, 0.5) is 0 Å². The molecule has 8 heteroatoms. The highest BCUT2D eigenvalue weighted by Gasteiger charge is 2.18. The number of methoxy groups -OCH3 is 1. The number of hydrogen-bond donors (Lipinski definition) is 2. The van der Waals surface area contributed by atoms with Crippen LogP contribution < -0.4 is 14.8 Å². The van der Waals surface area contributed by atoms with Crippen molar-refractivity contribution in [2.75, 3.05) is 60.0 Å². The third-order valence-electron chi connectivity index (χ3n) is 5.35. The fourth-order valence-electron chi connectivity index (χ4n) is 3.54. The molecular formula is C22H35N5O3. The number of ether oxygens (including phenoxy) is 2. The van der Waals surface area contributed by atoms with E-state index in [0.717, 1.165) is 57.8 Å². The van der Waals surface area contributed by atoms with Crippen LogP contribution >= 0.6 is 0 Å². The first-order chi connectivity index (χ1) is 14.6. The molecule has 3 rings (SSSR count). The Labute approximate surface area is 179 Å². The number of aliphatic hydroxyl groups is 1. The second-order valence-corrected chi connectivity index (χ2v) is 7.85. The number of piperazine rings is 1. The minimum atomic E-state index is -0.526. The van der Waals surface area contributed by atoms with Crippen LogP contribution in [0, 0.1) is 0 Å². The molecule has 0 saturated carbocycles. The van der Waals surface area contributed by atoms with E-state index in [1.807, 2.05) is 35.1 Å². The maximum absolute atomic E-state index is 10.4. The van der Waals surface area contributed by atoms with E-state index in [1.54, 1.807) is 13.3 Å². The van der Waals surface area contributed by atoms with Gasteiger partial charge in [0.25, 0.3) is 0 Å². The Morgan fingerprint density at radius 3 is 2.77 bits per heavy atom. The van der Waals surface area contributed by atoms with Crippen LogP contribution in [-0.4, -0.2) is 90.8 Å². The van der Waals surface area contributed by atoms with E-state index in [2.05, 4.69) is 27.3 Å². The number of hydrogen-bond acceptors (Lipinski definition) is 7. The molecule has 0 bridgehead atoms. The number of β-amino-alcohol motifs (C(OH)–C–C–N with tert-alkyl or cyclic N) is 1. The van der Waals surface area contributed by atoms with E-state index < -0.39 is 6.10 Å². The van der Waals surface area contributed by atoms with Gasteiger partial charge in [0, 0.05) is 58.2 Å². The van der Waals surface area contributed by atoms with Gasteiger partial charge < -0.3 is 24.8 Å². The summed E-state index contributed by atoms with van der Waals surface area (Å²) < 4.78 is 13.3. The zero-order valence-corrected chi connectivity index (χ0v) is 18.2. The molecule has 30 heavy (non-hydrogen) atoms. The smallest absolute Gasteiger partial charge is 0.161 e. The fourth-order valence-corrected chi connectivity index (χ4v) is 3.54. The van der Waals surface area contributed by atoms with Crippen LogP contribution in [0.25, 0.3) is 0 Å². The molecule has 1 aliphatic rings. The van der Waals surface area contributed by atoms with Gasteiger partial charge in [-0.15, -0.1) is 0 Å². The molecule has 1 unspecified atom stereocenters. The molecule has 0 radical (unpaired) electrons. The number of benzene rings is 1. The molecule has 1 fully saturated rings. The van der Waals surface area contributed by atoms with Gasteiger partial charge >= 0.3 is 0 Å². The van der Waals surface area contributed by atoms with Crippen molar-refractivity contribution in [3.8, 4) is 11.5 Å². The summed E-state index contributed by atoms with van der Waals surface area (Å²) in [5.74, 6) is 1.36. The molecule has 2 aromatic rings.